The van der Waals surface area contributed by atoms with Crippen LogP contribution >= 0.6 is 11.8 Å². The molecular formula is C18H17FN2O2S. The van der Waals surface area contributed by atoms with Crippen molar-refractivity contribution >= 4 is 11.8 Å². The first-order valence-corrected chi connectivity index (χ1v) is 8.48. The molecular weight excluding hydrogens is 327 g/mol. The van der Waals surface area contributed by atoms with Crippen LogP contribution < -0.4 is 4.74 Å². The minimum absolute atomic E-state index is 0.220. The summed E-state index contributed by atoms with van der Waals surface area (Å²) in [5.74, 6) is 1.54. The highest BCUT2D eigenvalue weighted by Gasteiger charge is 2.09. The number of nitrogens with zero attached hydrogens (tertiary/aromatic N) is 2. The quantitative estimate of drug-likeness (QED) is 0.607. The molecule has 124 valence electrons. The lowest BCUT2D eigenvalue weighted by Gasteiger charge is -2.07. The van der Waals surface area contributed by atoms with Crippen LogP contribution in [0, 0.1) is 19.7 Å². The predicted octanol–water partition coefficient (Wildman–Crippen LogP) is 4.70. The minimum Gasteiger partial charge on any atom is -0.484 e. The maximum Gasteiger partial charge on any atom is 0.277 e. The number of halogens is 1. The van der Waals surface area contributed by atoms with E-state index in [0.717, 1.165) is 22.4 Å². The van der Waals surface area contributed by atoms with Gasteiger partial charge in [-0.05, 0) is 48.7 Å². The van der Waals surface area contributed by atoms with Gasteiger partial charge in [0.25, 0.3) is 11.1 Å². The summed E-state index contributed by atoms with van der Waals surface area (Å²) >= 11 is 1.37. The predicted molar refractivity (Wildman–Crippen MR) is 90.5 cm³/mol. The lowest BCUT2D eigenvalue weighted by atomic mass is 10.1. The summed E-state index contributed by atoms with van der Waals surface area (Å²) in [5, 5.41) is 8.40. The molecule has 3 aromatic rings. The van der Waals surface area contributed by atoms with E-state index >= 15 is 0 Å². The highest BCUT2D eigenvalue weighted by Crippen LogP contribution is 2.23. The van der Waals surface area contributed by atoms with Gasteiger partial charge in [-0.1, -0.05) is 36.0 Å². The molecule has 0 saturated heterocycles. The van der Waals surface area contributed by atoms with Crippen LogP contribution in [0.25, 0.3) is 0 Å². The Labute approximate surface area is 144 Å². The number of aryl methyl sites for hydroxylation is 2. The molecule has 0 saturated carbocycles. The minimum atomic E-state index is -0.249. The number of rotatable bonds is 6. The van der Waals surface area contributed by atoms with Gasteiger partial charge in [0.2, 0.25) is 0 Å². The zero-order valence-electron chi connectivity index (χ0n) is 13.5. The van der Waals surface area contributed by atoms with Crippen molar-refractivity contribution in [3.8, 4) is 5.75 Å². The van der Waals surface area contributed by atoms with E-state index in [1.54, 1.807) is 6.07 Å². The molecule has 4 nitrogen and oxygen atoms in total. The average molecular weight is 344 g/mol. The maximum atomic E-state index is 13.1. The van der Waals surface area contributed by atoms with Crippen LogP contribution in [0.5, 0.6) is 5.75 Å². The Bertz CT molecular complexity index is 835. The average Bonchev–Trinajstić information content (AvgIpc) is 3.02. The molecule has 0 radical (unpaired) electrons. The monoisotopic (exact) mass is 344 g/mol. The third-order valence-electron chi connectivity index (χ3n) is 3.39. The summed E-state index contributed by atoms with van der Waals surface area (Å²) in [4.78, 5) is 0. The third-order valence-corrected chi connectivity index (χ3v) is 4.28. The molecule has 24 heavy (non-hydrogen) atoms. The van der Waals surface area contributed by atoms with Gasteiger partial charge in [-0.2, -0.15) is 0 Å². The van der Waals surface area contributed by atoms with Gasteiger partial charge < -0.3 is 9.15 Å². The fraction of sp³-hybridized carbons (Fsp3) is 0.222. The summed E-state index contributed by atoms with van der Waals surface area (Å²) in [5.41, 5.74) is 3.06. The van der Waals surface area contributed by atoms with Gasteiger partial charge >= 0.3 is 0 Å². The molecule has 0 amide bonds. The Morgan fingerprint density at radius 2 is 2.00 bits per heavy atom. The second-order valence-electron chi connectivity index (χ2n) is 5.44. The van der Waals surface area contributed by atoms with Crippen molar-refractivity contribution in [1.29, 1.82) is 0 Å². The van der Waals surface area contributed by atoms with Gasteiger partial charge in [-0.3, -0.25) is 0 Å². The molecule has 2 aromatic carbocycles. The van der Waals surface area contributed by atoms with Crippen LogP contribution in [-0.2, 0) is 12.4 Å². The Balaban J connectivity index is 1.56. The molecule has 0 spiro atoms. The Morgan fingerprint density at radius 1 is 1.12 bits per heavy atom. The number of ether oxygens (including phenoxy) is 1. The molecule has 0 atom stereocenters. The summed E-state index contributed by atoms with van der Waals surface area (Å²) in [6, 6.07) is 12.5. The van der Waals surface area contributed by atoms with Crippen LogP contribution in [-0.4, -0.2) is 10.2 Å². The summed E-state index contributed by atoms with van der Waals surface area (Å²) in [6.45, 7) is 4.22. The molecule has 1 aromatic heterocycles. The summed E-state index contributed by atoms with van der Waals surface area (Å²) < 4.78 is 24.4. The van der Waals surface area contributed by atoms with Crippen LogP contribution in [0.1, 0.15) is 22.6 Å². The smallest absolute Gasteiger partial charge is 0.277 e. The first kappa shape index (κ1) is 16.5. The van der Waals surface area contributed by atoms with Gasteiger partial charge in [0.15, 0.2) is 6.61 Å². The molecule has 0 unspecified atom stereocenters. The topological polar surface area (TPSA) is 48.2 Å². The van der Waals surface area contributed by atoms with Crippen LogP contribution in [0.15, 0.2) is 52.1 Å². The normalized spacial score (nSPS) is 10.8. The van der Waals surface area contributed by atoms with Crippen molar-refractivity contribution in [3.05, 3.63) is 70.9 Å². The van der Waals surface area contributed by atoms with E-state index in [0.29, 0.717) is 16.9 Å². The molecule has 0 aliphatic heterocycles. The molecule has 1 heterocycles. The Morgan fingerprint density at radius 3 is 2.83 bits per heavy atom. The SMILES string of the molecule is Cc1ccc(C)c(OCc2nnc(SCc3cccc(F)c3)o2)c1. The van der Waals surface area contributed by atoms with Crippen molar-refractivity contribution in [2.75, 3.05) is 0 Å². The van der Waals surface area contributed by atoms with Crippen molar-refractivity contribution in [2.24, 2.45) is 0 Å². The van der Waals surface area contributed by atoms with Crippen LogP contribution in [0.3, 0.4) is 0 Å². The van der Waals surface area contributed by atoms with Crippen LogP contribution in [0.2, 0.25) is 0 Å². The van der Waals surface area contributed by atoms with Gasteiger partial charge in [0.05, 0.1) is 0 Å². The largest absolute Gasteiger partial charge is 0.484 e. The van der Waals surface area contributed by atoms with E-state index in [9.17, 15) is 4.39 Å². The second-order valence-corrected chi connectivity index (χ2v) is 6.36. The number of aromatic nitrogens is 2. The van der Waals surface area contributed by atoms with E-state index < -0.39 is 0 Å². The molecule has 0 N–H and O–H groups in total. The lowest BCUT2D eigenvalue weighted by Crippen LogP contribution is -1.97. The number of hydrogen-bond donors (Lipinski definition) is 0. The lowest BCUT2D eigenvalue weighted by molar-refractivity contribution is 0.250. The van der Waals surface area contributed by atoms with Crippen LogP contribution in [0.4, 0.5) is 4.39 Å². The van der Waals surface area contributed by atoms with E-state index in [1.165, 1.54) is 23.9 Å². The van der Waals surface area contributed by atoms with Gasteiger partial charge in [0, 0.05) is 5.75 Å². The number of hydrogen-bond acceptors (Lipinski definition) is 5. The Hall–Kier alpha value is -2.34. The summed E-state index contributed by atoms with van der Waals surface area (Å²) in [7, 11) is 0. The summed E-state index contributed by atoms with van der Waals surface area (Å²) in [6.07, 6.45) is 0. The maximum absolute atomic E-state index is 13.1. The second kappa shape index (κ2) is 7.49. The zero-order chi connectivity index (χ0) is 16.9. The molecule has 0 aliphatic rings. The molecule has 3 rings (SSSR count). The zero-order valence-corrected chi connectivity index (χ0v) is 14.3. The first-order chi connectivity index (χ1) is 11.6. The number of benzene rings is 2. The van der Waals surface area contributed by atoms with Gasteiger partial charge in [-0.15, -0.1) is 10.2 Å². The molecule has 0 fully saturated rings. The first-order valence-electron chi connectivity index (χ1n) is 7.50. The van der Waals surface area contributed by atoms with E-state index in [2.05, 4.69) is 10.2 Å². The third kappa shape index (κ3) is 4.35. The van der Waals surface area contributed by atoms with E-state index in [1.807, 2.05) is 38.1 Å². The molecule has 6 heteroatoms. The van der Waals surface area contributed by atoms with Crippen molar-refractivity contribution in [3.63, 3.8) is 0 Å². The van der Waals surface area contributed by atoms with Crippen molar-refractivity contribution in [2.45, 2.75) is 31.4 Å². The van der Waals surface area contributed by atoms with Crippen molar-refractivity contribution in [1.82, 2.24) is 10.2 Å². The standard InChI is InChI=1S/C18H17FN2O2S/c1-12-6-7-13(2)16(8-12)22-10-17-20-21-18(23-17)24-11-14-4-3-5-15(19)9-14/h3-9H,10-11H2,1-2H3. The van der Waals surface area contributed by atoms with E-state index in [4.69, 9.17) is 9.15 Å². The van der Waals surface area contributed by atoms with Crippen molar-refractivity contribution < 1.29 is 13.5 Å². The fourth-order valence-corrected chi connectivity index (χ4v) is 2.85. The Kier molecular flexibility index (Phi) is 5.15. The highest BCUT2D eigenvalue weighted by atomic mass is 32.2. The fourth-order valence-electron chi connectivity index (χ4n) is 2.13. The highest BCUT2D eigenvalue weighted by molar-refractivity contribution is 7.98. The van der Waals surface area contributed by atoms with E-state index in [-0.39, 0.29) is 12.4 Å². The molecule has 0 bridgehead atoms. The number of thioether (sulfide) groups is 1. The van der Waals surface area contributed by atoms with Gasteiger partial charge in [0.1, 0.15) is 11.6 Å². The van der Waals surface area contributed by atoms with Gasteiger partial charge in [-0.25, -0.2) is 4.39 Å². The molecule has 0 aliphatic carbocycles.